The van der Waals surface area contributed by atoms with Crippen LogP contribution in [-0.2, 0) is 16.6 Å². The van der Waals surface area contributed by atoms with Gasteiger partial charge in [-0.05, 0) is 37.4 Å². The van der Waals surface area contributed by atoms with Crippen molar-refractivity contribution in [2.24, 2.45) is 5.92 Å². The molecule has 4 nitrogen and oxygen atoms in total. The molecule has 0 heterocycles. The van der Waals surface area contributed by atoms with Gasteiger partial charge in [-0.2, -0.15) is 0 Å². The number of benzene rings is 1. The van der Waals surface area contributed by atoms with Crippen LogP contribution in [-0.4, -0.2) is 21.0 Å². The number of nitrogens with one attached hydrogen (secondary N) is 2. The van der Waals surface area contributed by atoms with Gasteiger partial charge in [-0.15, -0.1) is 0 Å². The predicted molar refractivity (Wildman–Crippen MR) is 76.2 cm³/mol. The highest BCUT2D eigenvalue weighted by atomic mass is 32.2. The van der Waals surface area contributed by atoms with Crippen LogP contribution in [0.2, 0.25) is 0 Å². The third-order valence-corrected chi connectivity index (χ3v) is 5.23. The van der Waals surface area contributed by atoms with Crippen LogP contribution in [0, 0.1) is 17.6 Å². The molecule has 1 fully saturated rings. The lowest BCUT2D eigenvalue weighted by Gasteiger charge is -2.32. The molecule has 0 amide bonds. The average molecular weight is 318 g/mol. The van der Waals surface area contributed by atoms with Gasteiger partial charge in [0.1, 0.15) is 10.7 Å². The zero-order valence-electron chi connectivity index (χ0n) is 12.1. The Labute approximate surface area is 124 Å². The molecular weight excluding hydrogens is 298 g/mol. The molecule has 0 aliphatic heterocycles. The largest absolute Gasteiger partial charge is 0.313 e. The number of halogens is 2. The van der Waals surface area contributed by atoms with Crippen LogP contribution in [0.3, 0.4) is 0 Å². The van der Waals surface area contributed by atoms with E-state index in [0.717, 1.165) is 25.0 Å². The van der Waals surface area contributed by atoms with Gasteiger partial charge in [0.2, 0.25) is 10.0 Å². The number of hydrogen-bond donors (Lipinski definition) is 2. The maximum absolute atomic E-state index is 14.3. The Hall–Kier alpha value is -1.05. The van der Waals surface area contributed by atoms with Crippen molar-refractivity contribution in [3.63, 3.8) is 0 Å². The van der Waals surface area contributed by atoms with E-state index in [2.05, 4.69) is 10.0 Å². The molecule has 1 aliphatic carbocycles. The van der Waals surface area contributed by atoms with E-state index >= 15 is 0 Å². The van der Waals surface area contributed by atoms with Gasteiger partial charge < -0.3 is 5.32 Å². The summed E-state index contributed by atoms with van der Waals surface area (Å²) in [6.07, 6.45) is 1.48. The van der Waals surface area contributed by atoms with E-state index in [1.165, 1.54) is 0 Å². The molecule has 0 saturated heterocycles. The van der Waals surface area contributed by atoms with E-state index in [1.54, 1.807) is 6.92 Å². The first-order chi connectivity index (χ1) is 9.85. The van der Waals surface area contributed by atoms with Gasteiger partial charge >= 0.3 is 0 Å². The van der Waals surface area contributed by atoms with Crippen molar-refractivity contribution in [2.45, 2.75) is 44.2 Å². The van der Waals surface area contributed by atoms with E-state index in [0.29, 0.717) is 12.5 Å². The fraction of sp³-hybridized carbons (Fsp3) is 0.571. The van der Waals surface area contributed by atoms with Crippen LogP contribution in [0.5, 0.6) is 0 Å². The summed E-state index contributed by atoms with van der Waals surface area (Å²) in [6.45, 7) is 4.32. The maximum atomic E-state index is 14.3. The van der Waals surface area contributed by atoms with Gasteiger partial charge in [-0.3, -0.25) is 0 Å². The molecule has 0 spiro atoms. The highest BCUT2D eigenvalue weighted by Gasteiger charge is 2.31. The lowest BCUT2D eigenvalue weighted by Crippen LogP contribution is -2.43. The first-order valence-electron chi connectivity index (χ1n) is 7.05. The van der Waals surface area contributed by atoms with Crippen molar-refractivity contribution in [1.29, 1.82) is 0 Å². The van der Waals surface area contributed by atoms with E-state index in [-0.39, 0.29) is 18.2 Å². The van der Waals surface area contributed by atoms with Gasteiger partial charge in [0.05, 0.1) is 0 Å². The van der Waals surface area contributed by atoms with Crippen molar-refractivity contribution in [1.82, 2.24) is 10.0 Å². The monoisotopic (exact) mass is 318 g/mol. The minimum absolute atomic E-state index is 0.0437. The summed E-state index contributed by atoms with van der Waals surface area (Å²) in [7, 11) is -3.96. The minimum atomic E-state index is -3.96. The third kappa shape index (κ3) is 3.59. The fourth-order valence-electron chi connectivity index (χ4n) is 2.48. The Morgan fingerprint density at radius 2 is 1.95 bits per heavy atom. The van der Waals surface area contributed by atoms with Crippen LogP contribution < -0.4 is 10.0 Å². The summed E-state index contributed by atoms with van der Waals surface area (Å²) in [4.78, 5) is -0.489. The van der Waals surface area contributed by atoms with Gasteiger partial charge in [-0.1, -0.05) is 13.8 Å². The molecule has 21 heavy (non-hydrogen) atoms. The molecule has 0 atom stereocenters. The molecule has 1 aromatic rings. The quantitative estimate of drug-likeness (QED) is 0.845. The number of rotatable bonds is 6. The molecular formula is C14H20F2N2O2S. The second kappa shape index (κ2) is 6.37. The molecule has 0 radical (unpaired) electrons. The molecule has 0 aromatic heterocycles. The Morgan fingerprint density at radius 1 is 1.29 bits per heavy atom. The fourth-order valence-corrected chi connectivity index (χ4v) is 3.84. The lowest BCUT2D eigenvalue weighted by molar-refractivity contribution is 0.270. The topological polar surface area (TPSA) is 58.2 Å². The SMILES string of the molecule is CCNCc1c(F)ccc(S(=O)(=O)NC2CC(C)C2)c1F. The minimum Gasteiger partial charge on any atom is -0.313 e. The van der Waals surface area contributed by atoms with Crippen LogP contribution in [0.4, 0.5) is 8.78 Å². The van der Waals surface area contributed by atoms with Crippen molar-refractivity contribution >= 4 is 10.0 Å². The van der Waals surface area contributed by atoms with Crippen molar-refractivity contribution in [2.75, 3.05) is 6.54 Å². The van der Waals surface area contributed by atoms with Crippen molar-refractivity contribution < 1.29 is 17.2 Å². The zero-order valence-corrected chi connectivity index (χ0v) is 12.9. The van der Waals surface area contributed by atoms with Crippen molar-refractivity contribution in [3.05, 3.63) is 29.3 Å². The molecule has 1 saturated carbocycles. The van der Waals surface area contributed by atoms with Gasteiger partial charge in [0, 0.05) is 18.2 Å². The summed E-state index contributed by atoms with van der Waals surface area (Å²) in [5.41, 5.74) is -0.248. The summed E-state index contributed by atoms with van der Waals surface area (Å²) >= 11 is 0. The van der Waals surface area contributed by atoms with Gasteiger partial charge in [0.25, 0.3) is 0 Å². The molecule has 0 unspecified atom stereocenters. The van der Waals surface area contributed by atoms with Gasteiger partial charge in [0.15, 0.2) is 5.82 Å². The molecule has 2 rings (SSSR count). The Kier molecular flexibility index (Phi) is 4.95. The summed E-state index contributed by atoms with van der Waals surface area (Å²) in [6, 6.07) is 1.81. The molecule has 1 aliphatic rings. The summed E-state index contributed by atoms with van der Waals surface area (Å²) < 4.78 is 54.8. The Balaban J connectivity index is 2.26. The average Bonchev–Trinajstić information content (AvgIpc) is 2.36. The highest BCUT2D eigenvalue weighted by molar-refractivity contribution is 7.89. The smallest absolute Gasteiger partial charge is 0.243 e. The highest BCUT2D eigenvalue weighted by Crippen LogP contribution is 2.29. The molecule has 7 heteroatoms. The Bertz CT molecular complexity index is 614. The van der Waals surface area contributed by atoms with E-state index in [9.17, 15) is 17.2 Å². The second-order valence-corrected chi connectivity index (χ2v) is 7.20. The Morgan fingerprint density at radius 3 is 2.52 bits per heavy atom. The summed E-state index contributed by atoms with van der Waals surface area (Å²) in [5, 5.41) is 2.80. The van der Waals surface area contributed by atoms with E-state index in [4.69, 9.17) is 0 Å². The normalized spacial score (nSPS) is 22.1. The van der Waals surface area contributed by atoms with E-state index < -0.39 is 26.6 Å². The second-order valence-electron chi connectivity index (χ2n) is 5.51. The van der Waals surface area contributed by atoms with Crippen molar-refractivity contribution in [3.8, 4) is 0 Å². The molecule has 0 bridgehead atoms. The van der Waals surface area contributed by atoms with Gasteiger partial charge in [-0.25, -0.2) is 21.9 Å². The van der Waals surface area contributed by atoms with Crippen LogP contribution in [0.15, 0.2) is 17.0 Å². The maximum Gasteiger partial charge on any atom is 0.243 e. The molecule has 1 aromatic carbocycles. The first-order valence-corrected chi connectivity index (χ1v) is 8.53. The molecule has 118 valence electrons. The van der Waals surface area contributed by atoms with Crippen LogP contribution in [0.25, 0.3) is 0 Å². The number of sulfonamides is 1. The first kappa shape index (κ1) is 16.3. The van der Waals surface area contributed by atoms with Crippen LogP contribution >= 0.6 is 0 Å². The zero-order chi connectivity index (χ0) is 15.6. The summed E-state index contributed by atoms with van der Waals surface area (Å²) in [5.74, 6) is -1.29. The lowest BCUT2D eigenvalue weighted by atomic mass is 9.83. The number of hydrogen-bond acceptors (Lipinski definition) is 3. The van der Waals surface area contributed by atoms with Crippen LogP contribution in [0.1, 0.15) is 32.3 Å². The third-order valence-electron chi connectivity index (χ3n) is 3.69. The molecule has 2 N–H and O–H groups in total. The standard InChI is InChI=1S/C14H20F2N2O2S/c1-3-17-8-11-12(15)4-5-13(14(11)16)21(19,20)18-10-6-9(2)7-10/h4-5,9-10,17-18H,3,6-8H2,1-2H3. The van der Waals surface area contributed by atoms with E-state index in [1.807, 2.05) is 6.92 Å². The predicted octanol–water partition coefficient (Wildman–Crippen LogP) is 2.15.